The zero-order chi connectivity index (χ0) is 16.4. The first kappa shape index (κ1) is 17.5. The van der Waals surface area contributed by atoms with Crippen molar-refractivity contribution in [3.8, 4) is 0 Å². The van der Waals surface area contributed by atoms with E-state index in [1.807, 2.05) is 0 Å². The van der Waals surface area contributed by atoms with Gasteiger partial charge in [0, 0.05) is 37.6 Å². The second kappa shape index (κ2) is 6.75. The van der Waals surface area contributed by atoms with Gasteiger partial charge in [-0.1, -0.05) is 13.8 Å². The summed E-state index contributed by atoms with van der Waals surface area (Å²) in [5.41, 5.74) is -0.0913. The smallest absolute Gasteiger partial charge is 0.191 e. The molecule has 5 nitrogen and oxygen atoms in total. The minimum absolute atomic E-state index is 0.151. The number of rotatable bonds is 5. The lowest BCUT2D eigenvalue weighted by Gasteiger charge is -2.60. The van der Waals surface area contributed by atoms with Crippen molar-refractivity contribution < 1.29 is 9.47 Å². The summed E-state index contributed by atoms with van der Waals surface area (Å²) in [6.07, 6.45) is 2.80. The molecule has 0 aromatic rings. The maximum absolute atomic E-state index is 5.98. The van der Waals surface area contributed by atoms with Crippen LogP contribution in [0, 0.1) is 11.3 Å². The Balaban J connectivity index is 2.02. The first-order chi connectivity index (χ1) is 10.3. The number of hydrogen-bond acceptors (Lipinski definition) is 3. The van der Waals surface area contributed by atoms with Crippen molar-refractivity contribution >= 4 is 5.96 Å². The van der Waals surface area contributed by atoms with E-state index in [0.717, 1.165) is 19.1 Å². The monoisotopic (exact) mass is 311 g/mol. The third kappa shape index (κ3) is 3.57. The Kier molecular flexibility index (Phi) is 5.38. The zero-order valence-electron chi connectivity index (χ0n) is 15.0. The van der Waals surface area contributed by atoms with Gasteiger partial charge in [-0.15, -0.1) is 0 Å². The molecular weight excluding hydrogens is 278 g/mol. The number of nitrogens with one attached hydrogen (secondary N) is 2. The van der Waals surface area contributed by atoms with Crippen LogP contribution in [0.25, 0.3) is 0 Å². The van der Waals surface area contributed by atoms with Crippen LogP contribution in [0.15, 0.2) is 4.99 Å². The van der Waals surface area contributed by atoms with Crippen LogP contribution in [0.3, 0.4) is 0 Å². The van der Waals surface area contributed by atoms with E-state index in [4.69, 9.17) is 14.5 Å². The van der Waals surface area contributed by atoms with Crippen LogP contribution >= 0.6 is 0 Å². The average Bonchev–Trinajstić information content (AvgIpc) is 2.50. The van der Waals surface area contributed by atoms with Gasteiger partial charge in [0.25, 0.3) is 0 Å². The van der Waals surface area contributed by atoms with Crippen molar-refractivity contribution in [2.24, 2.45) is 16.3 Å². The molecule has 3 unspecified atom stereocenters. The molecule has 0 spiro atoms. The predicted octanol–water partition coefficient (Wildman–Crippen LogP) is 2.17. The number of guanidine groups is 1. The first-order valence-corrected chi connectivity index (χ1v) is 8.53. The molecule has 0 amide bonds. The third-order valence-electron chi connectivity index (χ3n) is 5.14. The fourth-order valence-electron chi connectivity index (χ4n) is 3.62. The Morgan fingerprint density at radius 2 is 2.14 bits per heavy atom. The molecule has 2 N–H and O–H groups in total. The molecule has 2 aliphatic rings. The summed E-state index contributed by atoms with van der Waals surface area (Å²) in [5, 5.41) is 7.00. The molecule has 5 heteroatoms. The van der Waals surface area contributed by atoms with Crippen molar-refractivity contribution in [1.82, 2.24) is 10.6 Å². The quantitative estimate of drug-likeness (QED) is 0.603. The van der Waals surface area contributed by atoms with Gasteiger partial charge in [0.1, 0.15) is 0 Å². The van der Waals surface area contributed by atoms with Crippen LogP contribution in [0.2, 0.25) is 0 Å². The maximum atomic E-state index is 5.98. The first-order valence-electron chi connectivity index (χ1n) is 8.53. The lowest BCUT2D eigenvalue weighted by atomic mass is 9.55. The van der Waals surface area contributed by atoms with Crippen molar-refractivity contribution in [1.29, 1.82) is 0 Å². The highest BCUT2D eigenvalue weighted by Gasteiger charge is 2.58. The molecule has 1 aliphatic carbocycles. The lowest BCUT2D eigenvalue weighted by molar-refractivity contribution is -0.188. The van der Waals surface area contributed by atoms with E-state index in [2.05, 4.69) is 45.3 Å². The zero-order valence-corrected chi connectivity index (χ0v) is 15.0. The second-order valence-electron chi connectivity index (χ2n) is 7.70. The average molecular weight is 311 g/mol. The number of nitrogens with zero attached hydrogens (tertiary/aromatic N) is 1. The SMILES string of the molecule is CCNC(=NCC(C)(C)OC)NC1C2CCCOC2C1(C)C. The van der Waals surface area contributed by atoms with Crippen molar-refractivity contribution in [3.05, 3.63) is 0 Å². The van der Waals surface area contributed by atoms with Crippen LogP contribution in [0.5, 0.6) is 0 Å². The fourth-order valence-corrected chi connectivity index (χ4v) is 3.62. The highest BCUT2D eigenvalue weighted by molar-refractivity contribution is 5.80. The third-order valence-corrected chi connectivity index (χ3v) is 5.14. The van der Waals surface area contributed by atoms with Crippen LogP contribution < -0.4 is 10.6 Å². The van der Waals surface area contributed by atoms with Gasteiger partial charge in [-0.2, -0.15) is 0 Å². The summed E-state index contributed by atoms with van der Waals surface area (Å²) >= 11 is 0. The van der Waals surface area contributed by atoms with E-state index in [-0.39, 0.29) is 11.0 Å². The molecule has 0 bridgehead atoms. The minimum atomic E-state index is -0.242. The topological polar surface area (TPSA) is 54.9 Å². The number of fused-ring (bicyclic) bond motifs is 1. The summed E-state index contributed by atoms with van der Waals surface area (Å²) in [5.74, 6) is 1.48. The highest BCUT2D eigenvalue weighted by Crippen LogP contribution is 2.51. The number of methoxy groups -OCH3 is 1. The summed E-state index contributed by atoms with van der Waals surface area (Å²) in [4.78, 5) is 4.71. The van der Waals surface area contributed by atoms with E-state index in [0.29, 0.717) is 24.6 Å². The van der Waals surface area contributed by atoms with Crippen LogP contribution in [0.4, 0.5) is 0 Å². The minimum Gasteiger partial charge on any atom is -0.377 e. The number of aliphatic imine (C=N–C) groups is 1. The molecule has 2 rings (SSSR count). The Hall–Kier alpha value is -0.810. The normalized spacial score (nSPS) is 31.2. The van der Waals surface area contributed by atoms with Gasteiger partial charge in [-0.05, 0) is 33.6 Å². The van der Waals surface area contributed by atoms with Gasteiger partial charge in [0.05, 0.1) is 18.2 Å². The molecule has 1 aliphatic heterocycles. The van der Waals surface area contributed by atoms with Gasteiger partial charge in [0.2, 0.25) is 0 Å². The van der Waals surface area contributed by atoms with Gasteiger partial charge >= 0.3 is 0 Å². The number of hydrogen-bond donors (Lipinski definition) is 2. The Bertz CT molecular complexity index is 407. The largest absolute Gasteiger partial charge is 0.377 e. The summed E-state index contributed by atoms with van der Waals surface area (Å²) in [6.45, 7) is 13.2. The molecule has 128 valence electrons. The standard InChI is InChI=1S/C17H33N3O2/c1-7-18-15(19-11-16(2,3)21-6)20-13-12-9-8-10-22-14(12)17(13,4)5/h12-14H,7-11H2,1-6H3,(H2,18,19,20). The van der Waals surface area contributed by atoms with Gasteiger partial charge in [0.15, 0.2) is 5.96 Å². The van der Waals surface area contributed by atoms with Gasteiger partial charge in [-0.25, -0.2) is 0 Å². The molecule has 1 saturated carbocycles. The second-order valence-corrected chi connectivity index (χ2v) is 7.70. The maximum Gasteiger partial charge on any atom is 0.191 e. The van der Waals surface area contributed by atoms with Gasteiger partial charge in [-0.3, -0.25) is 4.99 Å². The summed E-state index contributed by atoms with van der Waals surface area (Å²) in [7, 11) is 1.73. The Morgan fingerprint density at radius 3 is 2.77 bits per heavy atom. The van der Waals surface area contributed by atoms with Crippen LogP contribution in [0.1, 0.15) is 47.5 Å². The molecule has 1 saturated heterocycles. The fraction of sp³-hybridized carbons (Fsp3) is 0.941. The molecule has 22 heavy (non-hydrogen) atoms. The molecule has 1 heterocycles. The molecule has 2 fully saturated rings. The summed E-state index contributed by atoms with van der Waals surface area (Å²) < 4.78 is 11.4. The van der Waals surface area contributed by atoms with E-state index >= 15 is 0 Å². The Morgan fingerprint density at radius 1 is 1.41 bits per heavy atom. The summed E-state index contributed by atoms with van der Waals surface area (Å²) in [6, 6.07) is 0.418. The highest BCUT2D eigenvalue weighted by atomic mass is 16.5. The predicted molar refractivity (Wildman–Crippen MR) is 90.2 cm³/mol. The van der Waals surface area contributed by atoms with E-state index in [1.54, 1.807) is 7.11 Å². The molecule has 0 aromatic carbocycles. The van der Waals surface area contributed by atoms with E-state index in [1.165, 1.54) is 12.8 Å². The molecule has 0 aromatic heterocycles. The molecule has 3 atom stereocenters. The van der Waals surface area contributed by atoms with Gasteiger partial charge < -0.3 is 20.1 Å². The number of ether oxygens (including phenoxy) is 2. The van der Waals surface area contributed by atoms with Crippen molar-refractivity contribution in [3.63, 3.8) is 0 Å². The van der Waals surface area contributed by atoms with E-state index in [9.17, 15) is 0 Å². The molecular formula is C17H33N3O2. The van der Waals surface area contributed by atoms with Crippen LogP contribution in [-0.4, -0.2) is 50.5 Å². The van der Waals surface area contributed by atoms with Crippen molar-refractivity contribution in [2.45, 2.75) is 65.2 Å². The van der Waals surface area contributed by atoms with E-state index < -0.39 is 0 Å². The Labute approximate surface area is 135 Å². The molecule has 0 radical (unpaired) electrons. The lowest BCUT2D eigenvalue weighted by Crippen LogP contribution is -2.71. The van der Waals surface area contributed by atoms with Crippen LogP contribution in [-0.2, 0) is 9.47 Å². The van der Waals surface area contributed by atoms with Crippen molar-refractivity contribution in [2.75, 3.05) is 26.8 Å².